The molecule has 0 aliphatic heterocycles. The molecule has 0 saturated heterocycles. The maximum Gasteiger partial charge on any atom is 0.316 e. The van der Waals surface area contributed by atoms with Crippen molar-refractivity contribution >= 4 is 17.4 Å². The fourth-order valence-corrected chi connectivity index (χ4v) is 2.22. The summed E-state index contributed by atoms with van der Waals surface area (Å²) in [6, 6.07) is 11.4. The van der Waals surface area contributed by atoms with Crippen LogP contribution in [0.3, 0.4) is 0 Å². The molecule has 4 heteroatoms. The predicted octanol–water partition coefficient (Wildman–Crippen LogP) is 3.71. The molecule has 2 amide bonds. The van der Waals surface area contributed by atoms with Crippen LogP contribution in [-0.2, 0) is 6.54 Å². The highest BCUT2D eigenvalue weighted by Crippen LogP contribution is 2.18. The van der Waals surface area contributed by atoms with Crippen LogP contribution in [0.1, 0.15) is 22.3 Å². The first-order chi connectivity index (χ1) is 9.95. The third-order valence-corrected chi connectivity index (χ3v) is 3.59. The molecular formula is C17H21N3O. The van der Waals surface area contributed by atoms with E-state index >= 15 is 0 Å². The molecule has 0 fully saturated rings. The second-order valence-corrected chi connectivity index (χ2v) is 5.28. The number of aryl methyl sites for hydroxylation is 3. The van der Waals surface area contributed by atoms with Crippen LogP contribution in [0.4, 0.5) is 16.2 Å². The molecule has 0 atom stereocenters. The summed E-state index contributed by atoms with van der Waals surface area (Å²) in [7, 11) is 0. The van der Waals surface area contributed by atoms with Gasteiger partial charge in [-0.25, -0.2) is 4.79 Å². The topological polar surface area (TPSA) is 67.2 Å². The average Bonchev–Trinajstić information content (AvgIpc) is 2.42. The highest BCUT2D eigenvalue weighted by Gasteiger charge is 2.02. The monoisotopic (exact) mass is 283 g/mol. The molecule has 0 spiro atoms. The molecule has 4 N–H and O–H groups in total. The van der Waals surface area contributed by atoms with Crippen molar-refractivity contribution in [1.82, 2.24) is 0 Å². The second kappa shape index (κ2) is 6.31. The summed E-state index contributed by atoms with van der Waals surface area (Å²) in [5.74, 6) is 0. The average molecular weight is 283 g/mol. The Hall–Kier alpha value is -2.49. The number of hydrogen-bond acceptors (Lipinski definition) is 2. The lowest BCUT2D eigenvalue weighted by molar-refractivity contribution is 0.259. The molecule has 0 saturated carbocycles. The van der Waals surface area contributed by atoms with Gasteiger partial charge in [0, 0.05) is 17.9 Å². The number of carbonyl (C=O) groups excluding carboxylic acids is 1. The van der Waals surface area contributed by atoms with Gasteiger partial charge in [-0.3, -0.25) is 0 Å². The third-order valence-electron chi connectivity index (χ3n) is 3.59. The molecule has 0 unspecified atom stereocenters. The van der Waals surface area contributed by atoms with Gasteiger partial charge in [-0.05, 0) is 67.3 Å². The van der Waals surface area contributed by atoms with Crippen LogP contribution in [0.15, 0.2) is 36.4 Å². The van der Waals surface area contributed by atoms with Crippen molar-refractivity contribution in [2.45, 2.75) is 27.3 Å². The number of primary amides is 1. The number of nitrogens with two attached hydrogens (primary N) is 1. The summed E-state index contributed by atoms with van der Waals surface area (Å²) in [4.78, 5) is 10.8. The molecule has 110 valence electrons. The summed E-state index contributed by atoms with van der Waals surface area (Å²) in [6.45, 7) is 7.16. The van der Waals surface area contributed by atoms with E-state index in [4.69, 9.17) is 5.73 Å². The van der Waals surface area contributed by atoms with E-state index in [2.05, 4.69) is 43.5 Å². The van der Waals surface area contributed by atoms with Crippen LogP contribution >= 0.6 is 0 Å². The van der Waals surface area contributed by atoms with Crippen molar-refractivity contribution in [2.75, 3.05) is 10.6 Å². The Morgan fingerprint density at radius 2 is 1.52 bits per heavy atom. The fourth-order valence-electron chi connectivity index (χ4n) is 2.22. The van der Waals surface area contributed by atoms with Crippen LogP contribution < -0.4 is 16.4 Å². The first-order valence-electron chi connectivity index (χ1n) is 6.93. The largest absolute Gasteiger partial charge is 0.381 e. The minimum absolute atomic E-state index is 0.554. The zero-order chi connectivity index (χ0) is 15.4. The number of nitrogens with one attached hydrogen (secondary N) is 2. The first kappa shape index (κ1) is 14.9. The lowest BCUT2D eigenvalue weighted by Crippen LogP contribution is -2.19. The summed E-state index contributed by atoms with van der Waals surface area (Å²) in [5.41, 5.74) is 12.0. The first-order valence-corrected chi connectivity index (χ1v) is 6.93. The van der Waals surface area contributed by atoms with E-state index < -0.39 is 6.03 Å². The minimum Gasteiger partial charge on any atom is -0.381 e. The standard InChI is InChI=1S/C17H21N3O/c1-11-8-13(3)14(9-12(11)2)10-19-15-4-6-16(7-5-15)20-17(18)21/h4-9,19H,10H2,1-3H3,(H3,18,20,21). The van der Waals surface area contributed by atoms with Crippen molar-refractivity contribution in [3.8, 4) is 0 Å². The number of amides is 2. The van der Waals surface area contributed by atoms with E-state index in [1.807, 2.05) is 24.3 Å². The lowest BCUT2D eigenvalue weighted by atomic mass is 10.0. The maximum atomic E-state index is 10.8. The third kappa shape index (κ3) is 3.99. The molecule has 2 aromatic carbocycles. The predicted molar refractivity (Wildman–Crippen MR) is 87.6 cm³/mol. The molecule has 0 bridgehead atoms. The van der Waals surface area contributed by atoms with Crippen LogP contribution in [0.2, 0.25) is 0 Å². The number of anilines is 2. The second-order valence-electron chi connectivity index (χ2n) is 5.28. The summed E-state index contributed by atoms with van der Waals surface area (Å²) in [6.07, 6.45) is 0. The van der Waals surface area contributed by atoms with Crippen molar-refractivity contribution in [3.05, 3.63) is 58.7 Å². The molecular weight excluding hydrogens is 262 g/mol. The molecule has 0 heterocycles. The summed E-state index contributed by atoms with van der Waals surface area (Å²) >= 11 is 0. The molecule has 0 aromatic heterocycles. The zero-order valence-electron chi connectivity index (χ0n) is 12.7. The van der Waals surface area contributed by atoms with Crippen LogP contribution in [-0.4, -0.2) is 6.03 Å². The van der Waals surface area contributed by atoms with Gasteiger partial charge in [0.1, 0.15) is 0 Å². The normalized spacial score (nSPS) is 10.2. The molecule has 0 aliphatic carbocycles. The van der Waals surface area contributed by atoms with Gasteiger partial charge >= 0.3 is 6.03 Å². The Kier molecular flexibility index (Phi) is 4.48. The highest BCUT2D eigenvalue weighted by molar-refractivity contribution is 5.87. The van der Waals surface area contributed by atoms with Gasteiger partial charge < -0.3 is 16.4 Å². The Balaban J connectivity index is 2.03. The number of carbonyl (C=O) groups is 1. The van der Waals surface area contributed by atoms with Gasteiger partial charge in [0.2, 0.25) is 0 Å². The lowest BCUT2D eigenvalue weighted by Gasteiger charge is -2.12. The van der Waals surface area contributed by atoms with Crippen LogP contribution in [0.25, 0.3) is 0 Å². The number of benzene rings is 2. The highest BCUT2D eigenvalue weighted by atomic mass is 16.2. The van der Waals surface area contributed by atoms with Gasteiger partial charge in [0.05, 0.1) is 0 Å². The fraction of sp³-hybridized carbons (Fsp3) is 0.235. The number of urea groups is 1. The maximum absolute atomic E-state index is 10.8. The summed E-state index contributed by atoms with van der Waals surface area (Å²) < 4.78 is 0. The summed E-state index contributed by atoms with van der Waals surface area (Å²) in [5, 5.41) is 5.92. The zero-order valence-corrected chi connectivity index (χ0v) is 12.7. The van der Waals surface area contributed by atoms with E-state index in [1.165, 1.54) is 22.3 Å². The van der Waals surface area contributed by atoms with Crippen molar-refractivity contribution < 1.29 is 4.79 Å². The van der Waals surface area contributed by atoms with Crippen LogP contribution in [0, 0.1) is 20.8 Å². The Labute approximate surface area is 125 Å². The van der Waals surface area contributed by atoms with E-state index in [9.17, 15) is 4.79 Å². The van der Waals surface area contributed by atoms with Gasteiger partial charge in [-0.15, -0.1) is 0 Å². The van der Waals surface area contributed by atoms with E-state index in [0.717, 1.165) is 12.2 Å². The Morgan fingerprint density at radius 1 is 0.952 bits per heavy atom. The number of rotatable bonds is 4. The quantitative estimate of drug-likeness (QED) is 0.800. The van der Waals surface area contributed by atoms with Crippen molar-refractivity contribution in [1.29, 1.82) is 0 Å². The van der Waals surface area contributed by atoms with Crippen molar-refractivity contribution in [2.24, 2.45) is 5.73 Å². The van der Waals surface area contributed by atoms with Gasteiger partial charge in [-0.1, -0.05) is 12.1 Å². The van der Waals surface area contributed by atoms with Gasteiger partial charge in [0.15, 0.2) is 0 Å². The molecule has 21 heavy (non-hydrogen) atoms. The van der Waals surface area contributed by atoms with E-state index in [1.54, 1.807) is 0 Å². The van der Waals surface area contributed by atoms with Gasteiger partial charge in [-0.2, -0.15) is 0 Å². The molecule has 0 aliphatic rings. The molecule has 2 rings (SSSR count). The Morgan fingerprint density at radius 3 is 2.14 bits per heavy atom. The van der Waals surface area contributed by atoms with Crippen molar-refractivity contribution in [3.63, 3.8) is 0 Å². The molecule has 4 nitrogen and oxygen atoms in total. The SMILES string of the molecule is Cc1cc(C)c(CNc2ccc(NC(N)=O)cc2)cc1C. The van der Waals surface area contributed by atoms with Gasteiger partial charge in [0.25, 0.3) is 0 Å². The molecule has 0 radical (unpaired) electrons. The minimum atomic E-state index is -0.554. The van der Waals surface area contributed by atoms with E-state index in [-0.39, 0.29) is 0 Å². The van der Waals surface area contributed by atoms with E-state index in [0.29, 0.717) is 5.69 Å². The number of hydrogen-bond donors (Lipinski definition) is 3. The smallest absolute Gasteiger partial charge is 0.316 e. The molecule has 2 aromatic rings. The Bertz CT molecular complexity index is 648. The van der Waals surface area contributed by atoms with Crippen LogP contribution in [0.5, 0.6) is 0 Å².